The summed E-state index contributed by atoms with van der Waals surface area (Å²) >= 11 is 0. The molecule has 4 heteroatoms. The maximum absolute atomic E-state index is 13.0. The van der Waals surface area contributed by atoms with Crippen molar-refractivity contribution in [2.45, 2.75) is 84.7 Å². The maximum Gasteiger partial charge on any atom is 0.243 e. The van der Waals surface area contributed by atoms with E-state index in [9.17, 15) is 9.59 Å². The Labute approximate surface area is 163 Å². The van der Waals surface area contributed by atoms with Gasteiger partial charge in [-0.3, -0.25) is 9.59 Å². The van der Waals surface area contributed by atoms with Gasteiger partial charge in [0.15, 0.2) is 0 Å². The lowest BCUT2D eigenvalue weighted by Gasteiger charge is -2.58. The Balaban J connectivity index is 1.58. The van der Waals surface area contributed by atoms with E-state index in [-0.39, 0.29) is 40.1 Å². The fourth-order valence-corrected chi connectivity index (χ4v) is 7.22. The van der Waals surface area contributed by atoms with Crippen LogP contribution in [0.25, 0.3) is 0 Å². The van der Waals surface area contributed by atoms with Gasteiger partial charge in [-0.2, -0.15) is 0 Å². The van der Waals surface area contributed by atoms with Gasteiger partial charge in [-0.1, -0.05) is 19.9 Å². The number of amides is 2. The van der Waals surface area contributed by atoms with E-state index in [1.165, 1.54) is 19.3 Å². The average molecular weight is 373 g/mol. The largest absolute Gasteiger partial charge is 0.351 e. The maximum atomic E-state index is 13.0. The van der Waals surface area contributed by atoms with Gasteiger partial charge in [0, 0.05) is 22.9 Å². The molecule has 0 aromatic carbocycles. The summed E-state index contributed by atoms with van der Waals surface area (Å²) in [5.41, 5.74) is 0.0323. The van der Waals surface area contributed by atoms with Crippen LogP contribution in [0.1, 0.15) is 73.1 Å². The number of hydrogen-bond acceptors (Lipinski definition) is 2. The predicted octanol–water partition coefficient (Wildman–Crippen LogP) is 3.81. The number of fused-ring (bicyclic) bond motifs is 5. The minimum absolute atomic E-state index is 0.0661. The molecule has 0 spiro atoms. The zero-order valence-corrected chi connectivity index (χ0v) is 17.6. The fourth-order valence-electron chi connectivity index (χ4n) is 7.22. The molecule has 2 N–H and O–H groups in total. The van der Waals surface area contributed by atoms with Gasteiger partial charge in [0.2, 0.25) is 11.8 Å². The lowest BCUT2D eigenvalue weighted by Crippen LogP contribution is -2.59. The van der Waals surface area contributed by atoms with Crippen molar-refractivity contribution in [2.24, 2.45) is 34.5 Å². The first-order valence-corrected chi connectivity index (χ1v) is 10.9. The van der Waals surface area contributed by atoms with E-state index in [2.05, 4.69) is 51.3 Å². The molecule has 4 aliphatic rings. The summed E-state index contributed by atoms with van der Waals surface area (Å²) in [6.45, 7) is 11.0. The Morgan fingerprint density at radius 1 is 1.11 bits per heavy atom. The molecule has 0 aromatic rings. The number of nitrogens with one attached hydrogen (secondary N) is 2. The van der Waals surface area contributed by atoms with Crippen molar-refractivity contribution >= 4 is 11.8 Å². The van der Waals surface area contributed by atoms with Crippen LogP contribution in [0, 0.1) is 34.5 Å². The predicted molar refractivity (Wildman–Crippen MR) is 107 cm³/mol. The summed E-state index contributed by atoms with van der Waals surface area (Å²) in [5.74, 6) is 2.41. The molecule has 4 nitrogen and oxygen atoms in total. The van der Waals surface area contributed by atoms with Crippen LogP contribution in [-0.4, -0.2) is 23.4 Å². The van der Waals surface area contributed by atoms with Crippen LogP contribution in [0.3, 0.4) is 0 Å². The summed E-state index contributed by atoms with van der Waals surface area (Å²) in [5, 5.41) is 6.48. The van der Waals surface area contributed by atoms with Gasteiger partial charge in [-0.25, -0.2) is 0 Å². The minimum Gasteiger partial charge on any atom is -0.351 e. The standard InChI is InChI=1S/C23H36N2O2/c1-21(2,3)25-20(27)17-8-7-15-14-6-9-18-23(5,13-11-19(26)24-18)16(14)10-12-22(15,17)4/h11,13-18H,6-10,12H2,1-5H3,(H,24,26)(H,25,27)/t14?,15?,16?,17-,18?,22?,23-/m1/s1. The fraction of sp³-hybridized carbons (Fsp3) is 0.826. The van der Waals surface area contributed by atoms with E-state index in [0.717, 1.165) is 19.3 Å². The van der Waals surface area contributed by atoms with Crippen molar-refractivity contribution in [2.75, 3.05) is 0 Å². The third-order valence-corrected chi connectivity index (χ3v) is 8.50. The zero-order chi connectivity index (χ0) is 19.6. The molecule has 3 fully saturated rings. The second kappa shape index (κ2) is 6.09. The van der Waals surface area contributed by atoms with Crippen molar-refractivity contribution in [3.8, 4) is 0 Å². The summed E-state index contributed by atoms with van der Waals surface area (Å²) in [6.07, 6.45) is 10.7. The van der Waals surface area contributed by atoms with E-state index in [0.29, 0.717) is 17.8 Å². The highest BCUT2D eigenvalue weighted by molar-refractivity contribution is 5.89. The molecular weight excluding hydrogens is 336 g/mol. The number of carbonyl (C=O) groups excluding carboxylic acids is 2. The molecule has 0 radical (unpaired) electrons. The molecule has 150 valence electrons. The quantitative estimate of drug-likeness (QED) is 0.735. The van der Waals surface area contributed by atoms with Crippen LogP contribution in [0.4, 0.5) is 0 Å². The highest BCUT2D eigenvalue weighted by atomic mass is 16.2. The van der Waals surface area contributed by atoms with Crippen LogP contribution in [0.15, 0.2) is 12.2 Å². The van der Waals surface area contributed by atoms with Crippen molar-refractivity contribution in [1.29, 1.82) is 0 Å². The first-order chi connectivity index (χ1) is 12.5. The minimum atomic E-state index is -0.167. The molecule has 4 rings (SSSR count). The van der Waals surface area contributed by atoms with Crippen molar-refractivity contribution in [1.82, 2.24) is 10.6 Å². The van der Waals surface area contributed by atoms with Crippen LogP contribution in [-0.2, 0) is 9.59 Å². The lowest BCUT2D eigenvalue weighted by molar-refractivity contribution is -0.135. The van der Waals surface area contributed by atoms with E-state index in [4.69, 9.17) is 0 Å². The van der Waals surface area contributed by atoms with E-state index >= 15 is 0 Å². The third-order valence-electron chi connectivity index (χ3n) is 8.50. The molecule has 3 aliphatic carbocycles. The Bertz CT molecular complexity index is 678. The Morgan fingerprint density at radius 2 is 1.85 bits per heavy atom. The van der Waals surface area contributed by atoms with Crippen LogP contribution >= 0.6 is 0 Å². The van der Waals surface area contributed by atoms with Gasteiger partial charge >= 0.3 is 0 Å². The van der Waals surface area contributed by atoms with E-state index in [1.807, 2.05) is 0 Å². The molecule has 1 aliphatic heterocycles. The molecule has 5 unspecified atom stereocenters. The zero-order valence-electron chi connectivity index (χ0n) is 17.6. The average Bonchev–Trinajstić information content (AvgIpc) is 2.91. The molecule has 3 saturated carbocycles. The Hall–Kier alpha value is -1.32. The monoisotopic (exact) mass is 372 g/mol. The third kappa shape index (κ3) is 2.94. The van der Waals surface area contributed by atoms with Crippen LogP contribution in [0.5, 0.6) is 0 Å². The molecule has 0 aromatic heterocycles. The smallest absolute Gasteiger partial charge is 0.243 e. The van der Waals surface area contributed by atoms with Gasteiger partial charge in [0.1, 0.15) is 0 Å². The van der Waals surface area contributed by atoms with Crippen molar-refractivity contribution in [3.63, 3.8) is 0 Å². The molecule has 0 bridgehead atoms. The van der Waals surface area contributed by atoms with Crippen molar-refractivity contribution < 1.29 is 9.59 Å². The first kappa shape index (κ1) is 19.0. The highest BCUT2D eigenvalue weighted by Crippen LogP contribution is 2.65. The number of rotatable bonds is 1. The first-order valence-electron chi connectivity index (χ1n) is 10.9. The van der Waals surface area contributed by atoms with Gasteiger partial charge in [0.25, 0.3) is 0 Å². The van der Waals surface area contributed by atoms with E-state index < -0.39 is 0 Å². The second-order valence-electron chi connectivity index (χ2n) is 11.1. The number of hydrogen-bond donors (Lipinski definition) is 2. The summed E-state index contributed by atoms with van der Waals surface area (Å²) in [7, 11) is 0. The van der Waals surface area contributed by atoms with Crippen LogP contribution < -0.4 is 10.6 Å². The molecule has 2 amide bonds. The molecule has 7 atom stereocenters. The molecule has 27 heavy (non-hydrogen) atoms. The second-order valence-corrected chi connectivity index (χ2v) is 11.1. The molecule has 0 saturated heterocycles. The number of carbonyl (C=O) groups is 2. The SMILES string of the molecule is CC(C)(C)NC(=O)[C@H]1CCC2C3CCC4NC(=O)C=C[C@]4(C)C3CCC21C. The summed E-state index contributed by atoms with van der Waals surface area (Å²) < 4.78 is 0. The topological polar surface area (TPSA) is 58.2 Å². The molecule has 1 heterocycles. The van der Waals surface area contributed by atoms with E-state index in [1.54, 1.807) is 6.08 Å². The van der Waals surface area contributed by atoms with Gasteiger partial charge < -0.3 is 10.6 Å². The molecular formula is C23H36N2O2. The highest BCUT2D eigenvalue weighted by Gasteiger charge is 2.60. The Morgan fingerprint density at radius 3 is 2.56 bits per heavy atom. The van der Waals surface area contributed by atoms with Gasteiger partial charge in [-0.15, -0.1) is 0 Å². The van der Waals surface area contributed by atoms with Gasteiger partial charge in [0.05, 0.1) is 0 Å². The summed E-state index contributed by atoms with van der Waals surface area (Å²) in [6, 6.07) is 0.280. The van der Waals surface area contributed by atoms with Crippen molar-refractivity contribution in [3.05, 3.63) is 12.2 Å². The Kier molecular flexibility index (Phi) is 4.29. The van der Waals surface area contributed by atoms with Gasteiger partial charge in [-0.05, 0) is 88.5 Å². The summed E-state index contributed by atoms with van der Waals surface area (Å²) in [4.78, 5) is 24.9. The van der Waals surface area contributed by atoms with Crippen LogP contribution in [0.2, 0.25) is 0 Å². The normalized spacial score (nSPS) is 46.1. The lowest BCUT2D eigenvalue weighted by atomic mass is 9.48.